The van der Waals surface area contributed by atoms with Crippen molar-refractivity contribution in [2.75, 3.05) is 5.73 Å². The monoisotopic (exact) mass is 617 g/mol. The molecule has 0 saturated carbocycles. The van der Waals surface area contributed by atoms with Gasteiger partial charge in [-0.15, -0.1) is 5.10 Å². The van der Waals surface area contributed by atoms with Gasteiger partial charge < -0.3 is 10.5 Å². The molecule has 0 saturated heterocycles. The summed E-state index contributed by atoms with van der Waals surface area (Å²) in [7, 11) is 0. The summed E-state index contributed by atoms with van der Waals surface area (Å²) in [6, 6.07) is 18.8. The van der Waals surface area contributed by atoms with Crippen LogP contribution in [0.2, 0.25) is 0 Å². The standard InChI is InChI=1S/C25H16BrN9O6/c26-17-9-10-19(40-25(37)14-5-2-1-3-6-14)16(11-17)13-28-30-24(36)20-21(15-7-4-8-18(12-15)35(38)39)34(33-29-20)23-22(27)31-41-32-23/h1-13H,(H2,27,31)(H,30,36)/b28-13+. The molecular weight excluding hydrogens is 602 g/mol. The number of halogens is 1. The highest BCUT2D eigenvalue weighted by Gasteiger charge is 2.26. The Morgan fingerprint density at radius 1 is 1.10 bits per heavy atom. The first kappa shape index (κ1) is 26.8. The molecule has 1 amide bonds. The fourth-order valence-electron chi connectivity index (χ4n) is 3.61. The van der Waals surface area contributed by atoms with Crippen LogP contribution >= 0.6 is 15.9 Å². The second kappa shape index (κ2) is 11.5. The Bertz CT molecular complexity index is 1800. The largest absolute Gasteiger partial charge is 0.422 e. The van der Waals surface area contributed by atoms with Gasteiger partial charge in [0.25, 0.3) is 11.6 Å². The average molecular weight is 618 g/mol. The first-order valence-corrected chi connectivity index (χ1v) is 12.3. The van der Waals surface area contributed by atoms with Crippen molar-refractivity contribution in [1.82, 2.24) is 30.7 Å². The van der Waals surface area contributed by atoms with Gasteiger partial charge in [0.1, 0.15) is 11.4 Å². The zero-order valence-electron chi connectivity index (χ0n) is 20.5. The van der Waals surface area contributed by atoms with Gasteiger partial charge in [0.05, 0.1) is 16.7 Å². The molecule has 204 valence electrons. The molecule has 5 aromatic rings. The molecule has 0 aliphatic rings. The minimum atomic E-state index is -0.818. The number of hydrogen-bond donors (Lipinski definition) is 2. The zero-order chi connectivity index (χ0) is 28.9. The van der Waals surface area contributed by atoms with Crippen LogP contribution in [0.4, 0.5) is 11.5 Å². The van der Waals surface area contributed by atoms with E-state index in [1.165, 1.54) is 30.5 Å². The number of anilines is 1. The number of nitro groups is 1. The van der Waals surface area contributed by atoms with E-state index < -0.39 is 16.8 Å². The number of esters is 1. The summed E-state index contributed by atoms with van der Waals surface area (Å²) in [5, 5.41) is 30.3. The summed E-state index contributed by atoms with van der Waals surface area (Å²) in [4.78, 5) is 36.5. The third kappa shape index (κ3) is 5.81. The molecule has 0 radical (unpaired) electrons. The van der Waals surface area contributed by atoms with Crippen LogP contribution in [0, 0.1) is 10.1 Å². The molecule has 0 atom stereocenters. The van der Waals surface area contributed by atoms with Gasteiger partial charge in [-0.1, -0.05) is 51.5 Å². The summed E-state index contributed by atoms with van der Waals surface area (Å²) in [6.45, 7) is 0. The van der Waals surface area contributed by atoms with Crippen molar-refractivity contribution in [3.05, 3.63) is 104 Å². The summed E-state index contributed by atoms with van der Waals surface area (Å²) < 4.78 is 11.9. The number of nitrogens with one attached hydrogen (secondary N) is 1. The van der Waals surface area contributed by atoms with Crippen LogP contribution in [0.1, 0.15) is 26.4 Å². The van der Waals surface area contributed by atoms with Crippen molar-refractivity contribution >= 4 is 45.5 Å². The lowest BCUT2D eigenvalue weighted by molar-refractivity contribution is -0.384. The number of non-ortho nitro benzene ring substituents is 1. The molecule has 3 aromatic carbocycles. The van der Waals surface area contributed by atoms with Crippen molar-refractivity contribution in [2.24, 2.45) is 5.10 Å². The number of hydrogen-bond acceptors (Lipinski definition) is 12. The third-order valence-corrected chi connectivity index (χ3v) is 5.96. The third-order valence-electron chi connectivity index (χ3n) is 5.47. The lowest BCUT2D eigenvalue weighted by Crippen LogP contribution is -2.19. The number of hydrazone groups is 1. The van der Waals surface area contributed by atoms with Gasteiger partial charge in [0.2, 0.25) is 11.6 Å². The van der Waals surface area contributed by atoms with Crippen molar-refractivity contribution in [1.29, 1.82) is 0 Å². The SMILES string of the molecule is Nc1nonc1-n1nnc(C(=O)N/N=C/c2cc(Br)ccc2OC(=O)c2ccccc2)c1-c1cccc([N+](=O)[O-])c1. The number of ether oxygens (including phenoxy) is 1. The van der Waals surface area contributed by atoms with E-state index in [0.29, 0.717) is 15.6 Å². The summed E-state index contributed by atoms with van der Waals surface area (Å²) in [5.74, 6) is -1.44. The maximum Gasteiger partial charge on any atom is 0.343 e. The second-order valence-electron chi connectivity index (χ2n) is 8.12. The molecule has 41 heavy (non-hydrogen) atoms. The van der Waals surface area contributed by atoms with Crippen molar-refractivity contribution < 1.29 is 23.9 Å². The molecule has 3 N–H and O–H groups in total. The molecule has 16 heteroatoms. The number of rotatable bonds is 8. The van der Waals surface area contributed by atoms with Crippen LogP contribution in [0.5, 0.6) is 5.75 Å². The van der Waals surface area contributed by atoms with Gasteiger partial charge in [-0.2, -0.15) is 9.78 Å². The fraction of sp³-hybridized carbons (Fsp3) is 0. The lowest BCUT2D eigenvalue weighted by atomic mass is 10.1. The Morgan fingerprint density at radius 3 is 2.63 bits per heavy atom. The van der Waals surface area contributed by atoms with Gasteiger partial charge >= 0.3 is 5.97 Å². The maximum absolute atomic E-state index is 13.2. The number of nitrogen functional groups attached to an aromatic ring is 1. The van der Waals surface area contributed by atoms with Crippen molar-refractivity contribution in [2.45, 2.75) is 0 Å². The molecule has 2 heterocycles. The average Bonchev–Trinajstić information content (AvgIpc) is 3.61. The minimum Gasteiger partial charge on any atom is -0.422 e. The summed E-state index contributed by atoms with van der Waals surface area (Å²) >= 11 is 3.36. The Morgan fingerprint density at radius 2 is 1.90 bits per heavy atom. The molecule has 5 rings (SSSR count). The number of amides is 1. The van der Waals surface area contributed by atoms with E-state index in [9.17, 15) is 19.7 Å². The first-order valence-electron chi connectivity index (χ1n) is 11.5. The molecule has 2 aromatic heterocycles. The van der Waals surface area contributed by atoms with E-state index in [4.69, 9.17) is 10.5 Å². The second-order valence-corrected chi connectivity index (χ2v) is 9.03. The lowest BCUT2D eigenvalue weighted by Gasteiger charge is -2.08. The molecular formula is C25H16BrN9O6. The number of carbonyl (C=O) groups excluding carboxylic acids is 2. The number of aromatic nitrogens is 5. The van der Waals surface area contributed by atoms with Crippen LogP contribution in [0.3, 0.4) is 0 Å². The highest BCUT2D eigenvalue weighted by molar-refractivity contribution is 9.10. The van der Waals surface area contributed by atoms with E-state index in [1.807, 2.05) is 0 Å². The van der Waals surface area contributed by atoms with Gasteiger partial charge in [-0.05, 0) is 40.6 Å². The minimum absolute atomic E-state index is 0.0173. The van der Waals surface area contributed by atoms with Gasteiger partial charge in [-0.25, -0.2) is 14.8 Å². The van der Waals surface area contributed by atoms with Gasteiger partial charge in [-0.3, -0.25) is 14.9 Å². The fourth-order valence-corrected chi connectivity index (χ4v) is 3.99. The number of carbonyl (C=O) groups is 2. The number of nitrogens with two attached hydrogens (primary N) is 1. The number of benzene rings is 3. The normalized spacial score (nSPS) is 11.0. The van der Waals surface area contributed by atoms with E-state index in [0.717, 1.165) is 4.68 Å². The van der Waals surface area contributed by atoms with Crippen molar-refractivity contribution in [3.63, 3.8) is 0 Å². The smallest absolute Gasteiger partial charge is 0.343 e. The predicted octanol–water partition coefficient (Wildman–Crippen LogP) is 3.55. The first-order chi connectivity index (χ1) is 19.8. The molecule has 0 fully saturated rings. The summed E-state index contributed by atoms with van der Waals surface area (Å²) in [5.41, 5.74) is 8.59. The van der Waals surface area contributed by atoms with Gasteiger partial charge in [0.15, 0.2) is 5.69 Å². The van der Waals surface area contributed by atoms with Crippen LogP contribution in [-0.2, 0) is 0 Å². The van der Waals surface area contributed by atoms with Crippen LogP contribution in [0.25, 0.3) is 17.1 Å². The van der Waals surface area contributed by atoms with E-state index in [-0.39, 0.29) is 40.0 Å². The van der Waals surface area contributed by atoms with E-state index in [1.54, 1.807) is 48.5 Å². The molecule has 0 spiro atoms. The van der Waals surface area contributed by atoms with E-state index >= 15 is 0 Å². The molecule has 0 aliphatic heterocycles. The zero-order valence-corrected chi connectivity index (χ0v) is 22.1. The highest BCUT2D eigenvalue weighted by Crippen LogP contribution is 2.29. The quantitative estimate of drug-likeness (QED) is 0.0845. The van der Waals surface area contributed by atoms with Crippen LogP contribution in [0.15, 0.2) is 87.0 Å². The number of nitrogens with zero attached hydrogens (tertiary/aromatic N) is 7. The Balaban J connectivity index is 1.44. The Kier molecular flexibility index (Phi) is 7.55. The highest BCUT2D eigenvalue weighted by atomic mass is 79.9. The van der Waals surface area contributed by atoms with Crippen LogP contribution < -0.4 is 15.9 Å². The topological polar surface area (TPSA) is 207 Å². The molecule has 0 bridgehead atoms. The maximum atomic E-state index is 13.2. The van der Waals surface area contributed by atoms with Gasteiger partial charge in [0, 0.05) is 27.7 Å². The molecule has 15 nitrogen and oxygen atoms in total. The molecule has 0 unspecified atom stereocenters. The Labute approximate surface area is 237 Å². The molecule has 0 aliphatic carbocycles. The van der Waals surface area contributed by atoms with Crippen molar-refractivity contribution in [3.8, 4) is 22.8 Å². The predicted molar refractivity (Wildman–Crippen MR) is 146 cm³/mol. The number of nitro benzene ring substituents is 1. The Hall–Kier alpha value is -5.77. The van der Waals surface area contributed by atoms with Crippen LogP contribution in [-0.4, -0.2) is 48.3 Å². The van der Waals surface area contributed by atoms with E-state index in [2.05, 4.69) is 51.7 Å². The summed E-state index contributed by atoms with van der Waals surface area (Å²) in [6.07, 6.45) is 1.27.